The first-order valence-corrected chi connectivity index (χ1v) is 7.01. The maximum Gasteiger partial charge on any atom is 0.320 e. The third-order valence-corrected chi connectivity index (χ3v) is 4.04. The van der Waals surface area contributed by atoms with E-state index in [1.165, 1.54) is 6.92 Å². The molecule has 7 nitrogen and oxygen atoms in total. The van der Waals surface area contributed by atoms with E-state index in [0.29, 0.717) is 45.7 Å². The topological polar surface area (TPSA) is 81.2 Å². The first-order chi connectivity index (χ1) is 9.49. The van der Waals surface area contributed by atoms with Gasteiger partial charge in [-0.05, 0) is 12.8 Å². The van der Waals surface area contributed by atoms with Crippen molar-refractivity contribution in [2.45, 2.75) is 19.8 Å². The normalized spacial score (nSPS) is 23.6. The van der Waals surface area contributed by atoms with Crippen molar-refractivity contribution in [2.75, 3.05) is 39.3 Å². The van der Waals surface area contributed by atoms with Crippen LogP contribution in [0.5, 0.6) is 0 Å². The van der Waals surface area contributed by atoms with Crippen molar-refractivity contribution in [3.8, 4) is 0 Å². The Balaban J connectivity index is 1.88. The summed E-state index contributed by atoms with van der Waals surface area (Å²) in [5.74, 6) is -1.25. The van der Waals surface area contributed by atoms with Crippen LogP contribution in [0, 0.1) is 5.92 Å². The number of amides is 3. The monoisotopic (exact) mass is 283 g/mol. The van der Waals surface area contributed by atoms with Crippen molar-refractivity contribution in [3.05, 3.63) is 0 Å². The Hall–Kier alpha value is -1.79. The highest BCUT2D eigenvalue weighted by Gasteiger charge is 2.31. The standard InChI is InChI=1S/C13H21N3O4/c1-10(17)14-5-7-15(8-6-14)13(20)16-4-2-3-11(9-16)12(18)19/h11H,2-9H2,1H3,(H,18,19). The van der Waals surface area contributed by atoms with Crippen LogP contribution < -0.4 is 0 Å². The van der Waals surface area contributed by atoms with Gasteiger partial charge in [-0.25, -0.2) is 4.79 Å². The third-order valence-electron chi connectivity index (χ3n) is 4.04. The Labute approximate surface area is 118 Å². The Kier molecular flexibility index (Phi) is 4.46. The van der Waals surface area contributed by atoms with Crippen molar-refractivity contribution < 1.29 is 19.5 Å². The Morgan fingerprint density at radius 2 is 1.55 bits per heavy atom. The van der Waals surface area contributed by atoms with Gasteiger partial charge >= 0.3 is 12.0 Å². The van der Waals surface area contributed by atoms with Crippen molar-refractivity contribution in [1.82, 2.24) is 14.7 Å². The first kappa shape index (κ1) is 14.6. The van der Waals surface area contributed by atoms with Crippen LogP contribution in [0.15, 0.2) is 0 Å². The largest absolute Gasteiger partial charge is 0.481 e. The van der Waals surface area contributed by atoms with Gasteiger partial charge in [0.1, 0.15) is 0 Å². The predicted molar refractivity (Wildman–Crippen MR) is 71.2 cm³/mol. The van der Waals surface area contributed by atoms with Crippen molar-refractivity contribution in [2.24, 2.45) is 5.92 Å². The minimum Gasteiger partial charge on any atom is -0.481 e. The number of aliphatic carboxylic acids is 1. The second-order valence-corrected chi connectivity index (χ2v) is 5.40. The lowest BCUT2D eigenvalue weighted by Crippen LogP contribution is -2.55. The summed E-state index contributed by atoms with van der Waals surface area (Å²) in [6, 6.07) is -0.0980. The minimum atomic E-state index is -0.830. The van der Waals surface area contributed by atoms with Crippen LogP contribution in [0.3, 0.4) is 0 Å². The zero-order valence-corrected chi connectivity index (χ0v) is 11.7. The molecule has 2 rings (SSSR count). The van der Waals surface area contributed by atoms with Crippen LogP contribution in [-0.2, 0) is 9.59 Å². The minimum absolute atomic E-state index is 0.0287. The highest BCUT2D eigenvalue weighted by Crippen LogP contribution is 2.18. The van der Waals surface area contributed by atoms with Gasteiger partial charge in [-0.2, -0.15) is 0 Å². The van der Waals surface area contributed by atoms with Crippen LogP contribution >= 0.6 is 0 Å². The van der Waals surface area contributed by atoms with Crippen LogP contribution in [0.4, 0.5) is 4.79 Å². The zero-order valence-electron chi connectivity index (χ0n) is 11.7. The molecule has 2 fully saturated rings. The number of carbonyl (C=O) groups excluding carboxylic acids is 2. The molecule has 1 unspecified atom stereocenters. The van der Waals surface area contributed by atoms with Gasteiger partial charge in [-0.3, -0.25) is 9.59 Å². The van der Waals surface area contributed by atoms with Gasteiger partial charge in [0.2, 0.25) is 5.91 Å². The van der Waals surface area contributed by atoms with E-state index in [0.717, 1.165) is 6.42 Å². The quantitative estimate of drug-likeness (QED) is 0.738. The fraction of sp³-hybridized carbons (Fsp3) is 0.769. The highest BCUT2D eigenvalue weighted by atomic mass is 16.4. The summed E-state index contributed by atoms with van der Waals surface area (Å²) < 4.78 is 0. The highest BCUT2D eigenvalue weighted by molar-refractivity contribution is 5.77. The van der Waals surface area contributed by atoms with Crippen LogP contribution in [-0.4, -0.2) is 77.0 Å². The number of carbonyl (C=O) groups is 3. The van der Waals surface area contributed by atoms with Gasteiger partial charge in [0, 0.05) is 46.2 Å². The summed E-state index contributed by atoms with van der Waals surface area (Å²) in [5.41, 5.74) is 0. The Bertz CT molecular complexity index is 404. The number of piperidine rings is 1. The second kappa shape index (κ2) is 6.11. The summed E-state index contributed by atoms with van der Waals surface area (Å²) in [6.07, 6.45) is 1.37. The number of hydrogen-bond acceptors (Lipinski definition) is 3. The molecule has 0 radical (unpaired) electrons. The van der Waals surface area contributed by atoms with Gasteiger partial charge in [-0.1, -0.05) is 0 Å². The van der Waals surface area contributed by atoms with E-state index in [2.05, 4.69) is 0 Å². The molecule has 1 N–H and O–H groups in total. The van der Waals surface area contributed by atoms with Crippen LogP contribution in [0.1, 0.15) is 19.8 Å². The number of carboxylic acid groups (broad SMARTS) is 1. The number of carboxylic acids is 1. The number of nitrogens with zero attached hydrogens (tertiary/aromatic N) is 3. The lowest BCUT2D eigenvalue weighted by molar-refractivity contribution is -0.143. The molecule has 0 aliphatic carbocycles. The molecule has 0 spiro atoms. The third kappa shape index (κ3) is 3.20. The lowest BCUT2D eigenvalue weighted by Gasteiger charge is -2.39. The van der Waals surface area contributed by atoms with Gasteiger partial charge in [0.05, 0.1) is 5.92 Å². The SMILES string of the molecule is CC(=O)N1CCN(C(=O)N2CCCC(C(=O)O)C2)CC1. The zero-order chi connectivity index (χ0) is 14.7. The summed E-state index contributed by atoms with van der Waals surface area (Å²) in [5, 5.41) is 9.05. The number of rotatable bonds is 1. The molecule has 2 aliphatic rings. The molecule has 112 valence electrons. The van der Waals surface area contributed by atoms with E-state index >= 15 is 0 Å². The number of piperazine rings is 1. The number of hydrogen-bond donors (Lipinski definition) is 1. The average molecular weight is 283 g/mol. The molecule has 3 amide bonds. The van der Waals surface area contributed by atoms with Crippen LogP contribution in [0.25, 0.3) is 0 Å². The second-order valence-electron chi connectivity index (χ2n) is 5.40. The van der Waals surface area contributed by atoms with Crippen molar-refractivity contribution in [3.63, 3.8) is 0 Å². The maximum atomic E-state index is 12.4. The molecule has 0 aromatic carbocycles. The molecule has 20 heavy (non-hydrogen) atoms. The summed E-state index contributed by atoms with van der Waals surface area (Å²) in [4.78, 5) is 39.7. The summed E-state index contributed by atoms with van der Waals surface area (Å²) in [6.45, 7) is 4.59. The van der Waals surface area contributed by atoms with Crippen molar-refractivity contribution in [1.29, 1.82) is 0 Å². The molecule has 2 heterocycles. The molecule has 0 saturated carbocycles. The molecular formula is C13H21N3O4. The van der Waals surface area contributed by atoms with Gasteiger partial charge < -0.3 is 19.8 Å². The van der Waals surface area contributed by atoms with E-state index in [-0.39, 0.29) is 11.9 Å². The molecule has 7 heteroatoms. The molecule has 0 aromatic rings. The fourth-order valence-electron chi connectivity index (χ4n) is 2.77. The summed E-state index contributed by atoms with van der Waals surface area (Å²) >= 11 is 0. The van der Waals surface area contributed by atoms with E-state index in [1.807, 2.05) is 0 Å². The fourth-order valence-corrected chi connectivity index (χ4v) is 2.77. The van der Waals surface area contributed by atoms with Crippen LogP contribution in [0.2, 0.25) is 0 Å². The maximum absolute atomic E-state index is 12.4. The lowest BCUT2D eigenvalue weighted by atomic mass is 9.98. The number of urea groups is 1. The molecular weight excluding hydrogens is 262 g/mol. The molecule has 0 bridgehead atoms. The first-order valence-electron chi connectivity index (χ1n) is 7.01. The predicted octanol–water partition coefficient (Wildman–Crippen LogP) is 0.0671. The van der Waals surface area contributed by atoms with Gasteiger partial charge in [-0.15, -0.1) is 0 Å². The van der Waals surface area contributed by atoms with E-state index < -0.39 is 11.9 Å². The van der Waals surface area contributed by atoms with Crippen molar-refractivity contribution >= 4 is 17.9 Å². The average Bonchev–Trinajstić information content (AvgIpc) is 2.46. The smallest absolute Gasteiger partial charge is 0.320 e. The Morgan fingerprint density at radius 1 is 0.950 bits per heavy atom. The molecule has 2 aliphatic heterocycles. The van der Waals surface area contributed by atoms with E-state index in [4.69, 9.17) is 5.11 Å². The van der Waals surface area contributed by atoms with E-state index in [1.54, 1.807) is 14.7 Å². The molecule has 1 atom stereocenters. The van der Waals surface area contributed by atoms with E-state index in [9.17, 15) is 14.4 Å². The van der Waals surface area contributed by atoms with Gasteiger partial charge in [0.25, 0.3) is 0 Å². The summed E-state index contributed by atoms with van der Waals surface area (Å²) in [7, 11) is 0. The Morgan fingerprint density at radius 3 is 2.10 bits per heavy atom. The number of likely N-dealkylation sites (tertiary alicyclic amines) is 1. The molecule has 2 saturated heterocycles. The van der Waals surface area contributed by atoms with Gasteiger partial charge in [0.15, 0.2) is 0 Å². The molecule has 0 aromatic heterocycles.